The lowest BCUT2D eigenvalue weighted by Crippen LogP contribution is -1.97. The van der Waals surface area contributed by atoms with Crippen molar-refractivity contribution in [2.45, 2.75) is 90.9 Å². The van der Waals surface area contributed by atoms with Gasteiger partial charge >= 0.3 is 0 Å². The summed E-state index contributed by atoms with van der Waals surface area (Å²) >= 11 is 1.89. The highest BCUT2D eigenvalue weighted by atomic mass is 32.1. The first-order valence-electron chi connectivity index (χ1n) is 16.4. The molecule has 0 saturated heterocycles. The summed E-state index contributed by atoms with van der Waals surface area (Å²) < 4.78 is 15.0. The van der Waals surface area contributed by atoms with Crippen LogP contribution in [0.15, 0.2) is 60.7 Å². The Morgan fingerprint density at radius 3 is 1.71 bits per heavy atom. The van der Waals surface area contributed by atoms with Crippen molar-refractivity contribution < 1.29 is 9.47 Å². The van der Waals surface area contributed by atoms with Crippen LogP contribution in [0.4, 0.5) is 0 Å². The van der Waals surface area contributed by atoms with Gasteiger partial charge in [-0.25, -0.2) is 0 Å². The molecule has 0 atom stereocenters. The molecule has 0 aliphatic heterocycles. The van der Waals surface area contributed by atoms with Crippen LogP contribution in [0, 0.1) is 0 Å². The second-order valence-corrected chi connectivity index (χ2v) is 12.9. The summed E-state index contributed by atoms with van der Waals surface area (Å²) in [6.45, 7) is 6.12. The number of thiophene rings is 1. The number of nitrogens with one attached hydrogen (secondary N) is 1. The van der Waals surface area contributed by atoms with E-state index in [9.17, 15) is 0 Å². The van der Waals surface area contributed by atoms with E-state index in [1.807, 2.05) is 11.3 Å². The Labute approximate surface area is 254 Å². The van der Waals surface area contributed by atoms with Gasteiger partial charge in [-0.3, -0.25) is 0 Å². The highest BCUT2D eigenvalue weighted by Crippen LogP contribution is 2.42. The fourth-order valence-corrected chi connectivity index (χ4v) is 7.50. The number of ether oxygens (including phenoxy) is 2. The number of aromatic nitrogens is 1. The molecule has 2 aromatic heterocycles. The molecule has 0 unspecified atom stereocenters. The van der Waals surface area contributed by atoms with Crippen LogP contribution in [0.2, 0.25) is 0 Å². The van der Waals surface area contributed by atoms with Gasteiger partial charge in [0.25, 0.3) is 0 Å². The molecule has 3 nitrogen and oxygen atoms in total. The number of fused-ring (bicyclic) bond motifs is 9. The van der Waals surface area contributed by atoms with E-state index in [0.717, 1.165) is 43.1 Å². The van der Waals surface area contributed by atoms with Crippen molar-refractivity contribution in [3.8, 4) is 11.5 Å². The zero-order valence-electron chi connectivity index (χ0n) is 25.4. The van der Waals surface area contributed by atoms with Gasteiger partial charge in [0.2, 0.25) is 0 Å². The Kier molecular flexibility index (Phi) is 9.50. The molecule has 0 aliphatic rings. The van der Waals surface area contributed by atoms with Gasteiger partial charge < -0.3 is 14.5 Å². The Morgan fingerprint density at radius 1 is 0.524 bits per heavy atom. The van der Waals surface area contributed by atoms with Gasteiger partial charge in [0.05, 0.1) is 18.7 Å². The maximum absolute atomic E-state index is 6.17. The highest BCUT2D eigenvalue weighted by molar-refractivity contribution is 7.26. The molecule has 0 spiro atoms. The number of hydrogen-bond acceptors (Lipinski definition) is 3. The quantitative estimate of drug-likeness (QED) is 0.116. The molecule has 4 heteroatoms. The molecule has 1 N–H and O–H groups in total. The molecule has 0 saturated carbocycles. The molecular formula is C38H45NO2S. The van der Waals surface area contributed by atoms with Crippen LogP contribution in [0.5, 0.6) is 11.5 Å². The van der Waals surface area contributed by atoms with E-state index in [-0.39, 0.29) is 0 Å². The fraction of sp³-hybridized carbons (Fsp3) is 0.421. The van der Waals surface area contributed by atoms with Gasteiger partial charge in [0.1, 0.15) is 11.5 Å². The van der Waals surface area contributed by atoms with Crippen LogP contribution < -0.4 is 9.47 Å². The van der Waals surface area contributed by atoms with E-state index >= 15 is 0 Å². The van der Waals surface area contributed by atoms with Crippen LogP contribution in [0.1, 0.15) is 90.9 Å². The molecule has 4 aromatic carbocycles. The number of unbranched alkanes of at least 4 members (excludes halogenated alkanes) is 10. The molecule has 0 aliphatic carbocycles. The Morgan fingerprint density at radius 2 is 1.05 bits per heavy atom. The van der Waals surface area contributed by atoms with E-state index in [4.69, 9.17) is 9.47 Å². The maximum Gasteiger partial charge on any atom is 0.120 e. The third kappa shape index (κ3) is 6.24. The van der Waals surface area contributed by atoms with Crippen molar-refractivity contribution in [3.63, 3.8) is 0 Å². The second-order valence-electron chi connectivity index (χ2n) is 11.9. The smallest absolute Gasteiger partial charge is 0.120 e. The topological polar surface area (TPSA) is 34.2 Å². The molecule has 42 heavy (non-hydrogen) atoms. The normalized spacial score (nSPS) is 12.0. The third-order valence-corrected chi connectivity index (χ3v) is 9.90. The molecule has 0 radical (unpaired) electrons. The summed E-state index contributed by atoms with van der Waals surface area (Å²) in [4.78, 5) is 3.73. The van der Waals surface area contributed by atoms with Crippen molar-refractivity contribution in [1.29, 1.82) is 0 Å². The predicted molar refractivity (Wildman–Crippen MR) is 184 cm³/mol. The molecular weight excluding hydrogens is 534 g/mol. The first kappa shape index (κ1) is 28.9. The lowest BCUT2D eigenvalue weighted by molar-refractivity contribution is 0.304. The number of H-pyrrole nitrogens is 1. The van der Waals surface area contributed by atoms with Crippen molar-refractivity contribution in [2.24, 2.45) is 0 Å². The van der Waals surface area contributed by atoms with Crippen LogP contribution >= 0.6 is 11.3 Å². The second kappa shape index (κ2) is 13.8. The minimum Gasteiger partial charge on any atom is -0.494 e. The highest BCUT2D eigenvalue weighted by Gasteiger charge is 2.14. The summed E-state index contributed by atoms with van der Waals surface area (Å²) in [6.07, 6.45) is 15.3. The summed E-state index contributed by atoms with van der Waals surface area (Å²) in [7, 11) is 0. The molecule has 0 fully saturated rings. The molecule has 220 valence electrons. The van der Waals surface area contributed by atoms with E-state index in [2.05, 4.69) is 79.5 Å². The first-order valence-corrected chi connectivity index (χ1v) is 17.2. The molecule has 2 heterocycles. The van der Waals surface area contributed by atoms with E-state index in [1.54, 1.807) is 0 Å². The Bertz CT molecular complexity index is 1650. The average Bonchev–Trinajstić information content (AvgIpc) is 3.58. The number of hydrogen-bond donors (Lipinski definition) is 1. The van der Waals surface area contributed by atoms with Gasteiger partial charge in [0.15, 0.2) is 0 Å². The van der Waals surface area contributed by atoms with Gasteiger partial charge in [0, 0.05) is 47.2 Å². The SMILES string of the molecule is CCCCCCCCOc1ccc2[nH]c3c(ccc4c3ccc3c5cc(OCCCCCCCC)ccc5sc34)c2c1. The number of benzene rings is 4. The van der Waals surface area contributed by atoms with Crippen LogP contribution in [-0.2, 0) is 0 Å². The minimum atomic E-state index is 0.790. The standard InChI is InChI=1S/C38H45NO2S/c1-3-5-7-9-11-13-23-40-27-15-21-35-33(25-27)30-18-19-31-29(37(30)39-35)17-20-32-34-26-28(16-22-36(34)42-38(31)32)41-24-14-12-10-8-6-4-2/h15-22,25-26,39H,3-14,23-24H2,1-2H3. The maximum atomic E-state index is 6.17. The monoisotopic (exact) mass is 579 g/mol. The lowest BCUT2D eigenvalue weighted by atomic mass is 10.0. The molecule has 6 aromatic rings. The lowest BCUT2D eigenvalue weighted by Gasteiger charge is -2.07. The zero-order chi connectivity index (χ0) is 28.7. The first-order chi connectivity index (χ1) is 20.8. The Balaban J connectivity index is 1.21. The van der Waals surface area contributed by atoms with Gasteiger partial charge in [-0.1, -0.05) is 102 Å². The van der Waals surface area contributed by atoms with Gasteiger partial charge in [-0.15, -0.1) is 11.3 Å². The molecule has 0 amide bonds. The van der Waals surface area contributed by atoms with Gasteiger partial charge in [-0.05, 0) is 49.2 Å². The molecule has 6 rings (SSSR count). The largest absolute Gasteiger partial charge is 0.494 e. The fourth-order valence-electron chi connectivity index (χ4n) is 6.29. The summed E-state index contributed by atoms with van der Waals surface area (Å²) in [6, 6.07) is 22.3. The molecule has 0 bridgehead atoms. The van der Waals surface area contributed by atoms with Crippen LogP contribution in [0.3, 0.4) is 0 Å². The predicted octanol–water partition coefficient (Wildman–Crippen LogP) is 12.3. The number of rotatable bonds is 16. The summed E-state index contributed by atoms with van der Waals surface area (Å²) in [5, 5.41) is 7.68. The van der Waals surface area contributed by atoms with Crippen molar-refractivity contribution in [2.75, 3.05) is 13.2 Å². The minimum absolute atomic E-state index is 0.790. The summed E-state index contributed by atoms with van der Waals surface area (Å²) in [5.74, 6) is 1.95. The average molecular weight is 580 g/mol. The van der Waals surface area contributed by atoms with Gasteiger partial charge in [-0.2, -0.15) is 0 Å². The van der Waals surface area contributed by atoms with Crippen molar-refractivity contribution in [1.82, 2.24) is 4.98 Å². The van der Waals surface area contributed by atoms with E-state index in [1.165, 1.54) is 111 Å². The Hall–Kier alpha value is -3.24. The van der Waals surface area contributed by atoms with Crippen molar-refractivity contribution >= 4 is 64.1 Å². The third-order valence-electron chi connectivity index (χ3n) is 8.68. The van der Waals surface area contributed by atoms with Crippen LogP contribution in [-0.4, -0.2) is 18.2 Å². The zero-order valence-corrected chi connectivity index (χ0v) is 26.2. The van der Waals surface area contributed by atoms with E-state index in [0.29, 0.717) is 0 Å². The van der Waals surface area contributed by atoms with Crippen molar-refractivity contribution in [3.05, 3.63) is 60.7 Å². The summed E-state index contributed by atoms with van der Waals surface area (Å²) in [5.41, 5.74) is 2.37. The van der Waals surface area contributed by atoms with Crippen LogP contribution in [0.25, 0.3) is 52.8 Å². The number of aromatic amines is 1. The van der Waals surface area contributed by atoms with E-state index < -0.39 is 0 Å².